The molecule has 1 saturated carbocycles. The molecule has 3 nitrogen and oxygen atoms in total. The number of hydrogen-bond acceptors (Lipinski definition) is 3. The standard InChI is InChI=1S/C17H26N2O/c1-2-5-15(4-1)14-20-17-8-6-16(7-9-17)19-12-3-10-18-11-13-19/h6-9,15,18H,1-5,10-14H2. The first-order valence-electron chi connectivity index (χ1n) is 8.10. The molecule has 3 rings (SSSR count). The normalized spacial score (nSPS) is 20.9. The van der Waals surface area contributed by atoms with Crippen LogP contribution in [0.5, 0.6) is 5.75 Å². The highest BCUT2D eigenvalue weighted by Crippen LogP contribution is 2.26. The average molecular weight is 274 g/mol. The maximum atomic E-state index is 5.93. The fraction of sp³-hybridized carbons (Fsp3) is 0.647. The maximum absolute atomic E-state index is 5.93. The molecule has 3 heteroatoms. The Bertz CT molecular complexity index is 390. The highest BCUT2D eigenvalue weighted by Gasteiger charge is 2.15. The van der Waals surface area contributed by atoms with Crippen LogP contribution >= 0.6 is 0 Å². The Hall–Kier alpha value is -1.22. The third-order valence-corrected chi connectivity index (χ3v) is 4.50. The van der Waals surface area contributed by atoms with E-state index in [4.69, 9.17) is 4.74 Å². The summed E-state index contributed by atoms with van der Waals surface area (Å²) < 4.78 is 5.93. The van der Waals surface area contributed by atoms with E-state index < -0.39 is 0 Å². The molecule has 1 saturated heterocycles. The number of nitrogens with zero attached hydrogens (tertiary/aromatic N) is 1. The summed E-state index contributed by atoms with van der Waals surface area (Å²) in [4.78, 5) is 2.46. The Morgan fingerprint density at radius 2 is 1.80 bits per heavy atom. The molecule has 110 valence electrons. The molecule has 0 amide bonds. The van der Waals surface area contributed by atoms with Gasteiger partial charge in [-0.3, -0.25) is 0 Å². The van der Waals surface area contributed by atoms with E-state index in [2.05, 4.69) is 34.5 Å². The van der Waals surface area contributed by atoms with Gasteiger partial charge in [0.05, 0.1) is 6.61 Å². The molecule has 20 heavy (non-hydrogen) atoms. The van der Waals surface area contributed by atoms with Crippen LogP contribution in [-0.4, -0.2) is 32.8 Å². The summed E-state index contributed by atoms with van der Waals surface area (Å²) in [6.45, 7) is 5.36. The predicted molar refractivity (Wildman–Crippen MR) is 83.6 cm³/mol. The van der Waals surface area contributed by atoms with Crippen LogP contribution in [0.25, 0.3) is 0 Å². The smallest absolute Gasteiger partial charge is 0.119 e. The van der Waals surface area contributed by atoms with E-state index in [1.54, 1.807) is 0 Å². The lowest BCUT2D eigenvalue weighted by atomic mass is 10.1. The summed E-state index contributed by atoms with van der Waals surface area (Å²) in [5.41, 5.74) is 1.32. The van der Waals surface area contributed by atoms with Gasteiger partial charge in [0.2, 0.25) is 0 Å². The van der Waals surface area contributed by atoms with E-state index in [1.807, 2.05) is 0 Å². The number of rotatable bonds is 4. The van der Waals surface area contributed by atoms with Crippen LogP contribution in [0.1, 0.15) is 32.1 Å². The van der Waals surface area contributed by atoms with Crippen LogP contribution < -0.4 is 15.0 Å². The van der Waals surface area contributed by atoms with E-state index in [-0.39, 0.29) is 0 Å². The molecule has 2 aliphatic rings. The number of benzene rings is 1. The van der Waals surface area contributed by atoms with Crippen LogP contribution in [0.2, 0.25) is 0 Å². The van der Waals surface area contributed by atoms with E-state index in [0.717, 1.165) is 44.5 Å². The summed E-state index contributed by atoms with van der Waals surface area (Å²) in [5, 5.41) is 3.44. The molecule has 0 bridgehead atoms. The largest absolute Gasteiger partial charge is 0.493 e. The van der Waals surface area contributed by atoms with Crippen molar-refractivity contribution in [1.82, 2.24) is 5.32 Å². The Morgan fingerprint density at radius 1 is 1.00 bits per heavy atom. The zero-order chi connectivity index (χ0) is 13.6. The van der Waals surface area contributed by atoms with Crippen molar-refractivity contribution in [3.05, 3.63) is 24.3 Å². The van der Waals surface area contributed by atoms with Gasteiger partial charge in [-0.25, -0.2) is 0 Å². The molecule has 2 fully saturated rings. The second-order valence-corrected chi connectivity index (χ2v) is 6.05. The van der Waals surface area contributed by atoms with Gasteiger partial charge in [-0.15, -0.1) is 0 Å². The predicted octanol–water partition coefficient (Wildman–Crippen LogP) is 3.06. The lowest BCUT2D eigenvalue weighted by molar-refractivity contribution is 0.252. The van der Waals surface area contributed by atoms with Gasteiger partial charge in [0, 0.05) is 25.3 Å². The lowest BCUT2D eigenvalue weighted by Crippen LogP contribution is -2.27. The molecule has 0 atom stereocenters. The van der Waals surface area contributed by atoms with Crippen LogP contribution in [0.3, 0.4) is 0 Å². The second-order valence-electron chi connectivity index (χ2n) is 6.05. The first-order chi connectivity index (χ1) is 9.92. The Morgan fingerprint density at radius 3 is 2.60 bits per heavy atom. The average Bonchev–Trinajstić information content (AvgIpc) is 2.86. The van der Waals surface area contributed by atoms with Crippen LogP contribution in [0, 0.1) is 5.92 Å². The van der Waals surface area contributed by atoms with Crippen molar-refractivity contribution in [3.8, 4) is 5.75 Å². The Labute approximate surface area is 122 Å². The van der Waals surface area contributed by atoms with Crippen molar-refractivity contribution in [2.24, 2.45) is 5.92 Å². The molecular formula is C17H26N2O. The SMILES string of the molecule is c1cc(N2CCCNCC2)ccc1OCC1CCCC1. The first kappa shape index (κ1) is 13.7. The second kappa shape index (κ2) is 6.98. The first-order valence-corrected chi connectivity index (χ1v) is 8.10. The number of nitrogens with one attached hydrogen (secondary N) is 1. The molecule has 0 aromatic heterocycles. The van der Waals surface area contributed by atoms with Crippen molar-refractivity contribution in [3.63, 3.8) is 0 Å². The summed E-state index contributed by atoms with van der Waals surface area (Å²) >= 11 is 0. The molecular weight excluding hydrogens is 248 g/mol. The zero-order valence-electron chi connectivity index (χ0n) is 12.3. The summed E-state index contributed by atoms with van der Waals surface area (Å²) in [6, 6.07) is 8.66. The molecule has 1 heterocycles. The number of anilines is 1. The van der Waals surface area contributed by atoms with Gasteiger partial charge in [0.15, 0.2) is 0 Å². The highest BCUT2D eigenvalue weighted by atomic mass is 16.5. The van der Waals surface area contributed by atoms with Crippen molar-refractivity contribution in [1.29, 1.82) is 0 Å². The van der Waals surface area contributed by atoms with E-state index in [0.29, 0.717) is 0 Å². The third kappa shape index (κ3) is 3.66. The van der Waals surface area contributed by atoms with Gasteiger partial charge >= 0.3 is 0 Å². The van der Waals surface area contributed by atoms with Gasteiger partial charge in [0.25, 0.3) is 0 Å². The number of hydrogen-bond donors (Lipinski definition) is 1. The van der Waals surface area contributed by atoms with E-state index in [1.165, 1.54) is 37.8 Å². The molecule has 0 radical (unpaired) electrons. The van der Waals surface area contributed by atoms with Gasteiger partial charge in [0.1, 0.15) is 5.75 Å². The minimum atomic E-state index is 0.784. The van der Waals surface area contributed by atoms with Crippen LogP contribution in [0.15, 0.2) is 24.3 Å². The number of ether oxygens (including phenoxy) is 1. The molecule has 1 aliphatic carbocycles. The maximum Gasteiger partial charge on any atom is 0.119 e. The molecule has 0 unspecified atom stereocenters. The Kier molecular flexibility index (Phi) is 4.80. The third-order valence-electron chi connectivity index (χ3n) is 4.50. The fourth-order valence-corrected chi connectivity index (χ4v) is 3.25. The summed E-state index contributed by atoms with van der Waals surface area (Å²) in [7, 11) is 0. The van der Waals surface area contributed by atoms with Crippen molar-refractivity contribution >= 4 is 5.69 Å². The van der Waals surface area contributed by atoms with Crippen LogP contribution in [-0.2, 0) is 0 Å². The molecule has 1 aromatic rings. The van der Waals surface area contributed by atoms with E-state index >= 15 is 0 Å². The zero-order valence-corrected chi connectivity index (χ0v) is 12.3. The monoisotopic (exact) mass is 274 g/mol. The van der Waals surface area contributed by atoms with Gasteiger partial charge in [-0.05, 0) is 56.0 Å². The Balaban J connectivity index is 1.53. The summed E-state index contributed by atoms with van der Waals surface area (Å²) in [5.74, 6) is 1.81. The molecule has 1 aromatic carbocycles. The van der Waals surface area contributed by atoms with Crippen LogP contribution in [0.4, 0.5) is 5.69 Å². The van der Waals surface area contributed by atoms with E-state index in [9.17, 15) is 0 Å². The fourth-order valence-electron chi connectivity index (χ4n) is 3.25. The minimum absolute atomic E-state index is 0.784. The van der Waals surface area contributed by atoms with Crippen molar-refractivity contribution < 1.29 is 4.74 Å². The van der Waals surface area contributed by atoms with Crippen molar-refractivity contribution in [2.75, 3.05) is 37.7 Å². The minimum Gasteiger partial charge on any atom is -0.493 e. The van der Waals surface area contributed by atoms with Crippen molar-refractivity contribution in [2.45, 2.75) is 32.1 Å². The molecule has 1 aliphatic heterocycles. The van der Waals surface area contributed by atoms with Gasteiger partial charge < -0.3 is 15.0 Å². The topological polar surface area (TPSA) is 24.5 Å². The lowest BCUT2D eigenvalue weighted by Gasteiger charge is -2.22. The highest BCUT2D eigenvalue weighted by molar-refractivity contribution is 5.49. The molecule has 0 spiro atoms. The molecule has 1 N–H and O–H groups in total. The quantitative estimate of drug-likeness (QED) is 0.913. The summed E-state index contributed by atoms with van der Waals surface area (Å²) in [6.07, 6.45) is 6.68. The van der Waals surface area contributed by atoms with Gasteiger partial charge in [-0.1, -0.05) is 12.8 Å². The van der Waals surface area contributed by atoms with Gasteiger partial charge in [-0.2, -0.15) is 0 Å².